The van der Waals surface area contributed by atoms with E-state index in [2.05, 4.69) is 20.2 Å². The quantitative estimate of drug-likeness (QED) is 0.588. The fourth-order valence-corrected chi connectivity index (χ4v) is 4.50. The minimum Gasteiger partial charge on any atom is -0.454 e. The highest BCUT2D eigenvalue weighted by Crippen LogP contribution is 2.35. The number of hydrogen-bond donors (Lipinski definition) is 1. The van der Waals surface area contributed by atoms with Crippen LogP contribution in [0.15, 0.2) is 30.6 Å². The topological polar surface area (TPSA) is 85.8 Å². The van der Waals surface area contributed by atoms with Gasteiger partial charge in [0.05, 0.1) is 24.6 Å². The van der Waals surface area contributed by atoms with Gasteiger partial charge >= 0.3 is 0 Å². The Morgan fingerprint density at radius 2 is 1.82 bits per heavy atom. The van der Waals surface area contributed by atoms with E-state index in [0.717, 1.165) is 62.5 Å². The minimum atomic E-state index is 0.0383. The summed E-state index contributed by atoms with van der Waals surface area (Å²) in [6.45, 7) is 4.60. The standard InChI is InChI=1S/C26H34N4O4/c1-17-11-20(29-25(31)19-12-22(13-19)33-16-18-3-4-18)5-6-24(17)34-23-14-27-26(28-15-23)30-9-7-21(32-2)8-10-30/h5-6,11,14-15,18-19,21-22H,3-4,7-10,12-13,16H2,1-2H3,(H,29,31). The van der Waals surface area contributed by atoms with Gasteiger partial charge in [0.25, 0.3) is 0 Å². The number of rotatable bonds is 9. The molecule has 2 saturated carbocycles. The third-order valence-corrected chi connectivity index (χ3v) is 7.07. The van der Waals surface area contributed by atoms with Crippen molar-refractivity contribution in [2.75, 3.05) is 37.0 Å². The van der Waals surface area contributed by atoms with Gasteiger partial charge in [0.1, 0.15) is 5.75 Å². The molecule has 0 radical (unpaired) electrons. The Kier molecular flexibility index (Phi) is 6.97. The van der Waals surface area contributed by atoms with E-state index in [1.807, 2.05) is 25.1 Å². The van der Waals surface area contributed by atoms with Crippen LogP contribution in [0.4, 0.5) is 11.6 Å². The predicted molar refractivity (Wildman–Crippen MR) is 129 cm³/mol. The van der Waals surface area contributed by atoms with Gasteiger partial charge in [-0.3, -0.25) is 4.79 Å². The van der Waals surface area contributed by atoms with E-state index < -0.39 is 0 Å². The fraction of sp³-hybridized carbons (Fsp3) is 0.577. The van der Waals surface area contributed by atoms with Crippen LogP contribution in [0, 0.1) is 18.8 Å². The molecule has 0 spiro atoms. The second-order valence-corrected chi connectivity index (χ2v) is 9.78. The van der Waals surface area contributed by atoms with E-state index in [4.69, 9.17) is 14.2 Å². The lowest BCUT2D eigenvalue weighted by Crippen LogP contribution is -2.39. The van der Waals surface area contributed by atoms with Crippen LogP contribution in [0.5, 0.6) is 11.5 Å². The molecule has 2 aliphatic carbocycles. The summed E-state index contributed by atoms with van der Waals surface area (Å²) < 4.78 is 17.3. The molecule has 1 saturated heterocycles. The maximum atomic E-state index is 12.6. The molecule has 3 aliphatic rings. The third kappa shape index (κ3) is 5.67. The highest BCUT2D eigenvalue weighted by Gasteiger charge is 2.36. The molecule has 1 aromatic heterocycles. The van der Waals surface area contributed by atoms with Crippen molar-refractivity contribution < 1.29 is 19.0 Å². The first-order chi connectivity index (χ1) is 16.6. The molecule has 1 amide bonds. The number of amides is 1. The second-order valence-electron chi connectivity index (χ2n) is 9.78. The van der Waals surface area contributed by atoms with Gasteiger partial charge in [0.2, 0.25) is 11.9 Å². The smallest absolute Gasteiger partial charge is 0.227 e. The minimum absolute atomic E-state index is 0.0383. The average Bonchev–Trinajstić information content (AvgIpc) is 3.65. The van der Waals surface area contributed by atoms with Crippen molar-refractivity contribution in [2.45, 2.75) is 57.7 Å². The molecule has 0 atom stereocenters. The Bertz CT molecular complexity index is 981. The summed E-state index contributed by atoms with van der Waals surface area (Å²) in [5.74, 6) is 2.89. The van der Waals surface area contributed by atoms with E-state index in [-0.39, 0.29) is 17.9 Å². The molecule has 34 heavy (non-hydrogen) atoms. The maximum Gasteiger partial charge on any atom is 0.227 e. The Hall–Kier alpha value is -2.71. The van der Waals surface area contributed by atoms with Crippen molar-refractivity contribution in [1.29, 1.82) is 0 Å². The summed E-state index contributed by atoms with van der Waals surface area (Å²) in [6, 6.07) is 5.67. The first kappa shape index (κ1) is 23.1. The van der Waals surface area contributed by atoms with Crippen molar-refractivity contribution in [3.8, 4) is 11.5 Å². The molecule has 2 aromatic rings. The van der Waals surface area contributed by atoms with Crippen molar-refractivity contribution >= 4 is 17.5 Å². The Labute approximate surface area is 201 Å². The first-order valence-corrected chi connectivity index (χ1v) is 12.4. The Morgan fingerprint density at radius 3 is 2.47 bits per heavy atom. The summed E-state index contributed by atoms with van der Waals surface area (Å²) in [6.07, 6.45) is 10.2. The van der Waals surface area contributed by atoms with Gasteiger partial charge in [0, 0.05) is 38.4 Å². The van der Waals surface area contributed by atoms with Crippen LogP contribution >= 0.6 is 0 Å². The number of hydrogen-bond acceptors (Lipinski definition) is 7. The van der Waals surface area contributed by atoms with Gasteiger partial charge in [0.15, 0.2) is 5.75 Å². The van der Waals surface area contributed by atoms with Crippen LogP contribution in [0.3, 0.4) is 0 Å². The third-order valence-electron chi connectivity index (χ3n) is 7.07. The zero-order valence-electron chi connectivity index (χ0n) is 20.0. The molecular formula is C26H34N4O4. The van der Waals surface area contributed by atoms with Crippen molar-refractivity contribution in [3.05, 3.63) is 36.2 Å². The number of methoxy groups -OCH3 is 1. The molecule has 3 fully saturated rings. The number of piperidine rings is 1. The zero-order chi connectivity index (χ0) is 23.5. The van der Waals surface area contributed by atoms with E-state index in [1.165, 1.54) is 12.8 Å². The SMILES string of the molecule is COC1CCN(c2ncc(Oc3ccc(NC(=O)C4CC(OCC5CC5)C4)cc3C)cn2)CC1. The van der Waals surface area contributed by atoms with Gasteiger partial charge in [-0.05, 0) is 75.1 Å². The number of nitrogens with zero attached hydrogens (tertiary/aromatic N) is 3. The van der Waals surface area contributed by atoms with E-state index >= 15 is 0 Å². The molecule has 8 nitrogen and oxygen atoms in total. The number of carbonyl (C=O) groups is 1. The van der Waals surface area contributed by atoms with Crippen LogP contribution in [0.25, 0.3) is 0 Å². The number of nitrogens with one attached hydrogen (secondary N) is 1. The number of anilines is 2. The number of aryl methyl sites for hydroxylation is 1. The molecule has 5 rings (SSSR count). The lowest BCUT2D eigenvalue weighted by molar-refractivity contribution is -0.128. The van der Waals surface area contributed by atoms with Crippen LogP contribution in [-0.4, -0.2) is 54.9 Å². The Balaban J connectivity index is 1.10. The van der Waals surface area contributed by atoms with Gasteiger partial charge in [-0.1, -0.05) is 0 Å². The van der Waals surface area contributed by atoms with E-state index in [0.29, 0.717) is 23.6 Å². The average molecular weight is 467 g/mol. The normalized spacial score (nSPS) is 22.8. The summed E-state index contributed by atoms with van der Waals surface area (Å²) in [7, 11) is 1.76. The second kappa shape index (κ2) is 10.3. The van der Waals surface area contributed by atoms with E-state index in [1.54, 1.807) is 19.5 Å². The van der Waals surface area contributed by atoms with Crippen molar-refractivity contribution in [2.24, 2.45) is 11.8 Å². The van der Waals surface area contributed by atoms with Crippen LogP contribution in [0.2, 0.25) is 0 Å². The lowest BCUT2D eigenvalue weighted by Gasteiger charge is -2.34. The Morgan fingerprint density at radius 1 is 1.09 bits per heavy atom. The summed E-state index contributed by atoms with van der Waals surface area (Å²) in [5, 5.41) is 3.04. The largest absolute Gasteiger partial charge is 0.454 e. The van der Waals surface area contributed by atoms with Crippen LogP contribution < -0.4 is 15.0 Å². The van der Waals surface area contributed by atoms with Gasteiger partial charge in [-0.25, -0.2) is 9.97 Å². The highest BCUT2D eigenvalue weighted by molar-refractivity contribution is 5.93. The molecule has 182 valence electrons. The lowest BCUT2D eigenvalue weighted by atomic mass is 9.81. The number of carbonyl (C=O) groups excluding carboxylic acids is 1. The molecule has 0 bridgehead atoms. The molecule has 2 heterocycles. The van der Waals surface area contributed by atoms with Crippen LogP contribution in [-0.2, 0) is 14.3 Å². The summed E-state index contributed by atoms with van der Waals surface area (Å²) in [4.78, 5) is 23.7. The molecular weight excluding hydrogens is 432 g/mol. The summed E-state index contributed by atoms with van der Waals surface area (Å²) >= 11 is 0. The highest BCUT2D eigenvalue weighted by atomic mass is 16.5. The molecule has 1 N–H and O–H groups in total. The predicted octanol–water partition coefficient (Wildman–Crippen LogP) is 4.34. The van der Waals surface area contributed by atoms with Gasteiger partial charge in [-0.2, -0.15) is 0 Å². The molecule has 1 aromatic carbocycles. The first-order valence-electron chi connectivity index (χ1n) is 12.4. The van der Waals surface area contributed by atoms with E-state index in [9.17, 15) is 4.79 Å². The van der Waals surface area contributed by atoms with Crippen molar-refractivity contribution in [1.82, 2.24) is 9.97 Å². The molecule has 8 heteroatoms. The number of aromatic nitrogens is 2. The molecule has 1 aliphatic heterocycles. The number of ether oxygens (including phenoxy) is 3. The van der Waals surface area contributed by atoms with Crippen LogP contribution in [0.1, 0.15) is 44.1 Å². The summed E-state index contributed by atoms with van der Waals surface area (Å²) in [5.41, 5.74) is 1.71. The van der Waals surface area contributed by atoms with Gasteiger partial charge < -0.3 is 24.4 Å². The molecule has 0 unspecified atom stereocenters. The van der Waals surface area contributed by atoms with Gasteiger partial charge in [-0.15, -0.1) is 0 Å². The monoisotopic (exact) mass is 466 g/mol. The number of benzene rings is 1. The maximum absolute atomic E-state index is 12.6. The fourth-order valence-electron chi connectivity index (χ4n) is 4.50. The zero-order valence-corrected chi connectivity index (χ0v) is 20.0. The van der Waals surface area contributed by atoms with Crippen molar-refractivity contribution in [3.63, 3.8) is 0 Å².